The van der Waals surface area contributed by atoms with Crippen LogP contribution >= 0.6 is 0 Å². The lowest BCUT2D eigenvalue weighted by molar-refractivity contribution is -0.130. The lowest BCUT2D eigenvalue weighted by Gasteiger charge is -2.19. The molecule has 3 rings (SSSR count). The summed E-state index contributed by atoms with van der Waals surface area (Å²) in [7, 11) is 1.70. The SMILES string of the molecule is CN(Cc1ccc(C#N)cc1)C(=O)CCC(=O)c1ccc2c(c1)OCCO2. The molecule has 27 heavy (non-hydrogen) atoms. The predicted molar refractivity (Wildman–Crippen MR) is 98.6 cm³/mol. The average molecular weight is 364 g/mol. The van der Waals surface area contributed by atoms with Gasteiger partial charge in [-0.15, -0.1) is 0 Å². The van der Waals surface area contributed by atoms with Gasteiger partial charge >= 0.3 is 0 Å². The molecule has 0 N–H and O–H groups in total. The molecule has 6 nitrogen and oxygen atoms in total. The molecule has 0 radical (unpaired) electrons. The molecule has 138 valence electrons. The number of nitrogens with zero attached hydrogens (tertiary/aromatic N) is 2. The zero-order valence-corrected chi connectivity index (χ0v) is 15.1. The Morgan fingerprint density at radius 1 is 1.04 bits per heavy atom. The number of ketones is 1. The molecule has 2 aromatic rings. The van der Waals surface area contributed by atoms with Gasteiger partial charge in [0.15, 0.2) is 17.3 Å². The minimum atomic E-state index is -0.106. The Hall–Kier alpha value is -3.33. The van der Waals surface area contributed by atoms with E-state index in [-0.39, 0.29) is 24.5 Å². The quantitative estimate of drug-likeness (QED) is 0.736. The Morgan fingerprint density at radius 3 is 2.44 bits per heavy atom. The van der Waals surface area contributed by atoms with E-state index >= 15 is 0 Å². The molecule has 0 unspecified atom stereocenters. The molecule has 0 atom stereocenters. The minimum absolute atomic E-state index is 0.105. The first-order valence-electron chi connectivity index (χ1n) is 8.72. The van der Waals surface area contributed by atoms with Crippen LogP contribution in [-0.4, -0.2) is 36.9 Å². The van der Waals surface area contributed by atoms with Crippen molar-refractivity contribution in [2.75, 3.05) is 20.3 Å². The van der Waals surface area contributed by atoms with Crippen LogP contribution in [0.3, 0.4) is 0 Å². The van der Waals surface area contributed by atoms with E-state index in [9.17, 15) is 9.59 Å². The molecule has 0 saturated heterocycles. The van der Waals surface area contributed by atoms with Gasteiger partial charge < -0.3 is 14.4 Å². The van der Waals surface area contributed by atoms with Crippen molar-refractivity contribution in [2.45, 2.75) is 19.4 Å². The number of rotatable bonds is 6. The van der Waals surface area contributed by atoms with Gasteiger partial charge in [0.2, 0.25) is 5.91 Å². The van der Waals surface area contributed by atoms with E-state index in [4.69, 9.17) is 14.7 Å². The number of ether oxygens (including phenoxy) is 2. The van der Waals surface area contributed by atoms with Crippen molar-refractivity contribution in [3.8, 4) is 17.6 Å². The smallest absolute Gasteiger partial charge is 0.223 e. The molecule has 2 aromatic carbocycles. The third-order valence-corrected chi connectivity index (χ3v) is 4.36. The highest BCUT2D eigenvalue weighted by atomic mass is 16.6. The van der Waals surface area contributed by atoms with Crippen LogP contribution in [0.2, 0.25) is 0 Å². The van der Waals surface area contributed by atoms with E-state index in [0.717, 1.165) is 5.56 Å². The molecule has 0 saturated carbocycles. The van der Waals surface area contributed by atoms with E-state index in [1.807, 2.05) is 12.1 Å². The van der Waals surface area contributed by atoms with Crippen LogP contribution in [0.4, 0.5) is 0 Å². The Morgan fingerprint density at radius 2 is 1.74 bits per heavy atom. The molecule has 0 aliphatic carbocycles. The van der Waals surface area contributed by atoms with Crippen molar-refractivity contribution < 1.29 is 19.1 Å². The first-order valence-corrected chi connectivity index (χ1v) is 8.72. The second-order valence-electron chi connectivity index (χ2n) is 6.34. The molecule has 6 heteroatoms. The van der Waals surface area contributed by atoms with Crippen LogP contribution in [0.25, 0.3) is 0 Å². The number of hydrogen-bond donors (Lipinski definition) is 0. The molecule has 1 amide bonds. The highest BCUT2D eigenvalue weighted by Crippen LogP contribution is 2.31. The topological polar surface area (TPSA) is 79.6 Å². The summed E-state index contributed by atoms with van der Waals surface area (Å²) >= 11 is 0. The molecular formula is C21H20N2O4. The average Bonchev–Trinajstić information content (AvgIpc) is 2.71. The molecule has 0 bridgehead atoms. The van der Waals surface area contributed by atoms with Gasteiger partial charge in [0.25, 0.3) is 0 Å². The summed E-state index contributed by atoms with van der Waals surface area (Å²) in [6, 6.07) is 14.2. The minimum Gasteiger partial charge on any atom is -0.486 e. The number of carbonyl (C=O) groups is 2. The second-order valence-corrected chi connectivity index (χ2v) is 6.34. The van der Waals surface area contributed by atoms with Crippen LogP contribution in [0.1, 0.15) is 34.3 Å². The summed E-state index contributed by atoms with van der Waals surface area (Å²) in [6.07, 6.45) is 0.274. The van der Waals surface area contributed by atoms with Crippen LogP contribution in [0.15, 0.2) is 42.5 Å². The van der Waals surface area contributed by atoms with Gasteiger partial charge in [-0.3, -0.25) is 9.59 Å². The first-order chi connectivity index (χ1) is 13.1. The molecule has 1 aliphatic heterocycles. The maximum absolute atomic E-state index is 12.4. The fourth-order valence-corrected chi connectivity index (χ4v) is 2.82. The molecule has 0 fully saturated rings. The number of amides is 1. The lowest BCUT2D eigenvalue weighted by atomic mass is 10.1. The van der Waals surface area contributed by atoms with Gasteiger partial charge in [-0.2, -0.15) is 5.26 Å². The molecule has 1 aliphatic rings. The third kappa shape index (κ3) is 4.64. The van der Waals surface area contributed by atoms with Crippen LogP contribution in [0, 0.1) is 11.3 Å². The largest absolute Gasteiger partial charge is 0.486 e. The summed E-state index contributed by atoms with van der Waals surface area (Å²) in [6.45, 7) is 1.40. The molecular weight excluding hydrogens is 344 g/mol. The van der Waals surface area contributed by atoms with Gasteiger partial charge in [0.05, 0.1) is 11.6 Å². The zero-order valence-electron chi connectivity index (χ0n) is 15.1. The fourth-order valence-electron chi connectivity index (χ4n) is 2.82. The Labute approximate surface area is 157 Å². The summed E-state index contributed by atoms with van der Waals surface area (Å²) in [5.74, 6) is 0.990. The molecule has 1 heterocycles. The van der Waals surface area contributed by atoms with Gasteiger partial charge in [-0.05, 0) is 35.9 Å². The summed E-state index contributed by atoms with van der Waals surface area (Å²) in [5, 5.41) is 8.82. The van der Waals surface area contributed by atoms with E-state index in [0.29, 0.717) is 42.4 Å². The molecule has 0 aromatic heterocycles. The first kappa shape index (κ1) is 18.5. The van der Waals surface area contributed by atoms with Gasteiger partial charge in [0, 0.05) is 32.0 Å². The normalized spacial score (nSPS) is 12.1. The van der Waals surface area contributed by atoms with Crippen LogP contribution < -0.4 is 9.47 Å². The summed E-state index contributed by atoms with van der Waals surface area (Å²) in [5.41, 5.74) is 2.03. The zero-order chi connectivity index (χ0) is 19.2. The third-order valence-electron chi connectivity index (χ3n) is 4.36. The highest BCUT2D eigenvalue weighted by Gasteiger charge is 2.17. The van der Waals surface area contributed by atoms with E-state index in [1.54, 1.807) is 42.3 Å². The number of benzene rings is 2. The van der Waals surface area contributed by atoms with Crippen molar-refractivity contribution in [3.63, 3.8) is 0 Å². The summed E-state index contributed by atoms with van der Waals surface area (Å²) in [4.78, 5) is 26.3. The number of nitriles is 1. The van der Waals surface area contributed by atoms with Crippen molar-refractivity contribution >= 4 is 11.7 Å². The number of Topliss-reactive ketones (excluding diaryl/α,β-unsaturated/α-hetero) is 1. The lowest BCUT2D eigenvalue weighted by Crippen LogP contribution is -2.26. The van der Waals surface area contributed by atoms with E-state index in [1.165, 1.54) is 0 Å². The van der Waals surface area contributed by atoms with Crippen molar-refractivity contribution in [3.05, 3.63) is 59.2 Å². The van der Waals surface area contributed by atoms with Gasteiger partial charge in [0.1, 0.15) is 13.2 Å². The maximum atomic E-state index is 12.4. The van der Waals surface area contributed by atoms with Gasteiger partial charge in [-0.25, -0.2) is 0 Å². The van der Waals surface area contributed by atoms with Crippen molar-refractivity contribution in [1.29, 1.82) is 5.26 Å². The van der Waals surface area contributed by atoms with Crippen LogP contribution in [-0.2, 0) is 11.3 Å². The Bertz CT molecular complexity index is 884. The highest BCUT2D eigenvalue weighted by molar-refractivity contribution is 5.98. The number of fused-ring (bicyclic) bond motifs is 1. The predicted octanol–water partition coefficient (Wildman–Crippen LogP) is 2.95. The number of carbonyl (C=O) groups excluding carboxylic acids is 2. The standard InChI is InChI=1S/C21H20N2O4/c1-23(14-16-4-2-15(13-22)3-5-16)21(25)9-7-18(24)17-6-8-19-20(12-17)27-11-10-26-19/h2-6,8,12H,7,9-11,14H2,1H3. The molecule has 0 spiro atoms. The number of hydrogen-bond acceptors (Lipinski definition) is 5. The monoisotopic (exact) mass is 364 g/mol. The van der Waals surface area contributed by atoms with Crippen molar-refractivity contribution in [2.24, 2.45) is 0 Å². The Kier molecular flexibility index (Phi) is 5.72. The van der Waals surface area contributed by atoms with Crippen LogP contribution in [0.5, 0.6) is 11.5 Å². The second kappa shape index (κ2) is 8.37. The van der Waals surface area contributed by atoms with E-state index < -0.39 is 0 Å². The maximum Gasteiger partial charge on any atom is 0.223 e. The van der Waals surface area contributed by atoms with Crippen molar-refractivity contribution in [1.82, 2.24) is 4.90 Å². The van der Waals surface area contributed by atoms with Gasteiger partial charge in [-0.1, -0.05) is 12.1 Å². The van der Waals surface area contributed by atoms with E-state index in [2.05, 4.69) is 6.07 Å². The fraction of sp³-hybridized carbons (Fsp3) is 0.286. The summed E-state index contributed by atoms with van der Waals surface area (Å²) < 4.78 is 10.9. The Balaban J connectivity index is 1.53.